The lowest BCUT2D eigenvalue weighted by Gasteiger charge is -2.24. The first-order valence-corrected chi connectivity index (χ1v) is 15.0. The van der Waals surface area contributed by atoms with Crippen LogP contribution in [0.3, 0.4) is 0 Å². The molecule has 12 nitrogen and oxygen atoms in total. The third-order valence-electron chi connectivity index (χ3n) is 6.99. The summed E-state index contributed by atoms with van der Waals surface area (Å²) < 4.78 is 5.10. The van der Waals surface area contributed by atoms with E-state index in [-0.39, 0.29) is 36.3 Å². The number of benzene rings is 3. The number of phenolic OH excluding ortho intramolecular Hbond substituents is 1. The molecule has 0 heterocycles. The minimum atomic E-state index is -1.36. The third kappa shape index (κ3) is 11.6. The summed E-state index contributed by atoms with van der Waals surface area (Å²) in [6, 6.07) is 17.1. The summed E-state index contributed by atoms with van der Waals surface area (Å²) in [4.78, 5) is 62.9. The molecular weight excluding hydrogens is 594 g/mol. The van der Waals surface area contributed by atoms with Gasteiger partial charge in [0.1, 0.15) is 29.1 Å². The van der Waals surface area contributed by atoms with E-state index in [4.69, 9.17) is 9.84 Å². The van der Waals surface area contributed by atoms with Crippen molar-refractivity contribution < 1.29 is 44.0 Å². The Morgan fingerprint density at radius 1 is 0.761 bits per heavy atom. The van der Waals surface area contributed by atoms with Crippen LogP contribution in [0, 0.1) is 0 Å². The first-order valence-electron chi connectivity index (χ1n) is 15.0. The number of carboxylic acid groups (broad SMARTS) is 2. The van der Waals surface area contributed by atoms with Crippen molar-refractivity contribution in [3.8, 4) is 11.5 Å². The molecule has 0 aliphatic carbocycles. The van der Waals surface area contributed by atoms with Crippen LogP contribution < -0.4 is 20.7 Å². The monoisotopic (exact) mass is 633 g/mol. The molecule has 0 fully saturated rings. The van der Waals surface area contributed by atoms with Gasteiger partial charge in [-0.05, 0) is 47.4 Å². The highest BCUT2D eigenvalue weighted by atomic mass is 16.5. The molecule has 0 saturated carbocycles. The predicted molar refractivity (Wildman–Crippen MR) is 169 cm³/mol. The Kier molecular flexibility index (Phi) is 13.6. The predicted octanol–water partition coefficient (Wildman–Crippen LogP) is 2.86. The molecule has 3 aromatic carbocycles. The molecule has 0 aliphatic heterocycles. The third-order valence-corrected chi connectivity index (χ3v) is 6.99. The number of phenols is 1. The molecule has 0 aliphatic rings. The van der Waals surface area contributed by atoms with Crippen molar-refractivity contribution in [3.05, 3.63) is 95.1 Å². The van der Waals surface area contributed by atoms with Gasteiger partial charge >= 0.3 is 11.9 Å². The Balaban J connectivity index is 1.85. The van der Waals surface area contributed by atoms with E-state index in [1.165, 1.54) is 30.3 Å². The van der Waals surface area contributed by atoms with Crippen LogP contribution in [0.25, 0.3) is 0 Å². The number of aromatic carboxylic acids is 1. The lowest BCUT2D eigenvalue weighted by Crippen LogP contribution is -2.55. The van der Waals surface area contributed by atoms with Crippen molar-refractivity contribution in [2.24, 2.45) is 0 Å². The summed E-state index contributed by atoms with van der Waals surface area (Å²) in [5.74, 6) is -4.36. The highest BCUT2D eigenvalue weighted by Crippen LogP contribution is 2.22. The van der Waals surface area contributed by atoms with Crippen molar-refractivity contribution >= 4 is 29.7 Å². The van der Waals surface area contributed by atoms with E-state index in [2.05, 4.69) is 16.0 Å². The van der Waals surface area contributed by atoms with Crippen LogP contribution in [0.1, 0.15) is 53.2 Å². The largest absolute Gasteiger partial charge is 0.508 e. The number of nitrogens with one attached hydrogen (secondary N) is 3. The number of carboxylic acids is 2. The molecule has 2 atom stereocenters. The molecule has 3 rings (SSSR count). The molecule has 3 amide bonds. The summed E-state index contributed by atoms with van der Waals surface area (Å²) in [5, 5.41) is 36.7. The van der Waals surface area contributed by atoms with Gasteiger partial charge in [0, 0.05) is 19.4 Å². The van der Waals surface area contributed by atoms with E-state index in [1.54, 1.807) is 36.4 Å². The maximum atomic E-state index is 13.7. The van der Waals surface area contributed by atoms with E-state index < -0.39 is 48.4 Å². The van der Waals surface area contributed by atoms with Gasteiger partial charge in [-0.2, -0.15) is 0 Å². The number of carbonyl (C=O) groups is 5. The average molecular weight is 634 g/mol. The first-order chi connectivity index (χ1) is 22.0. The molecule has 0 aromatic heterocycles. The molecule has 0 radical (unpaired) electrons. The Bertz CT molecular complexity index is 1510. The van der Waals surface area contributed by atoms with E-state index in [1.807, 2.05) is 13.0 Å². The molecule has 0 saturated heterocycles. The molecule has 0 unspecified atom stereocenters. The molecule has 0 bridgehead atoms. The van der Waals surface area contributed by atoms with Gasteiger partial charge in [-0.3, -0.25) is 14.4 Å². The van der Waals surface area contributed by atoms with E-state index in [0.717, 1.165) is 24.8 Å². The second-order valence-corrected chi connectivity index (χ2v) is 10.7. The fourth-order valence-corrected chi connectivity index (χ4v) is 4.72. The van der Waals surface area contributed by atoms with Crippen LogP contribution >= 0.6 is 0 Å². The van der Waals surface area contributed by atoms with Crippen molar-refractivity contribution in [2.45, 2.75) is 57.5 Å². The zero-order chi connectivity index (χ0) is 33.5. The van der Waals surface area contributed by atoms with Crippen LogP contribution in [-0.4, -0.2) is 70.2 Å². The molecule has 12 heteroatoms. The Labute approximate surface area is 266 Å². The van der Waals surface area contributed by atoms with Gasteiger partial charge in [-0.25, -0.2) is 9.59 Å². The second kappa shape index (κ2) is 17.8. The lowest BCUT2D eigenvalue weighted by atomic mass is 10.00. The van der Waals surface area contributed by atoms with Crippen LogP contribution in [0.15, 0.2) is 72.8 Å². The normalized spacial score (nSPS) is 11.9. The Morgan fingerprint density at radius 2 is 1.46 bits per heavy atom. The molecule has 0 spiro atoms. The van der Waals surface area contributed by atoms with Gasteiger partial charge in [-0.1, -0.05) is 68.3 Å². The topological polar surface area (TPSA) is 191 Å². The van der Waals surface area contributed by atoms with E-state index in [0.29, 0.717) is 17.7 Å². The number of amides is 3. The smallest absolute Gasteiger partial charge is 0.341 e. The van der Waals surface area contributed by atoms with E-state index in [9.17, 15) is 34.2 Å². The quantitative estimate of drug-likeness (QED) is 0.114. The summed E-state index contributed by atoms with van der Waals surface area (Å²) in [7, 11) is 0. The highest BCUT2D eigenvalue weighted by molar-refractivity contribution is 5.93. The minimum Gasteiger partial charge on any atom is -0.508 e. The number of rotatable bonds is 18. The van der Waals surface area contributed by atoms with Gasteiger partial charge in [0.05, 0.1) is 6.42 Å². The number of carbonyl (C=O) groups excluding carboxylic acids is 3. The zero-order valence-electron chi connectivity index (χ0n) is 25.5. The molecular formula is C34H39N3O9. The summed E-state index contributed by atoms with van der Waals surface area (Å²) >= 11 is 0. The summed E-state index contributed by atoms with van der Waals surface area (Å²) in [6.07, 6.45) is 2.49. The van der Waals surface area contributed by atoms with E-state index >= 15 is 0 Å². The standard InChI is InChI=1S/C34H39N3O9/c1-2-3-7-15-35-32(42)27(19-24-13-14-29(46-21-31(40)41)26(17-24)34(44)45)37-33(43)28(18-22-9-5-4-6-10-22)36-30(39)20-23-11-8-12-25(38)16-23/h4-6,8-14,16-17,27-28,38H,2-3,7,15,18-21H2,1H3,(H,35,42)(H,36,39)(H,37,43)(H,40,41)(H,44,45)/t27-,28-/m0/s1. The summed E-state index contributed by atoms with van der Waals surface area (Å²) in [5.41, 5.74) is 1.39. The fourth-order valence-electron chi connectivity index (χ4n) is 4.72. The number of hydrogen-bond acceptors (Lipinski definition) is 7. The number of aliphatic carboxylic acids is 1. The lowest BCUT2D eigenvalue weighted by molar-refractivity contribution is -0.139. The van der Waals surface area contributed by atoms with Gasteiger partial charge in [0.15, 0.2) is 6.61 Å². The maximum absolute atomic E-state index is 13.7. The first kappa shape index (κ1) is 35.1. The Hall–Kier alpha value is -5.39. The molecule has 244 valence electrons. The highest BCUT2D eigenvalue weighted by Gasteiger charge is 2.28. The molecule has 6 N–H and O–H groups in total. The van der Waals surface area contributed by atoms with Crippen molar-refractivity contribution in [1.82, 2.24) is 16.0 Å². The number of hydrogen-bond donors (Lipinski definition) is 6. The maximum Gasteiger partial charge on any atom is 0.341 e. The van der Waals surface area contributed by atoms with Gasteiger partial charge in [0.2, 0.25) is 17.7 Å². The van der Waals surface area contributed by atoms with Crippen LogP contribution in [0.5, 0.6) is 11.5 Å². The van der Waals surface area contributed by atoms with Crippen LogP contribution in [0.4, 0.5) is 0 Å². The van der Waals surface area contributed by atoms with Crippen molar-refractivity contribution in [3.63, 3.8) is 0 Å². The van der Waals surface area contributed by atoms with Gasteiger partial charge in [0.25, 0.3) is 0 Å². The fraction of sp³-hybridized carbons (Fsp3) is 0.324. The number of ether oxygens (including phenoxy) is 1. The van der Waals surface area contributed by atoms with Gasteiger partial charge < -0.3 is 36.0 Å². The van der Waals surface area contributed by atoms with Gasteiger partial charge in [-0.15, -0.1) is 0 Å². The summed E-state index contributed by atoms with van der Waals surface area (Å²) in [6.45, 7) is 1.66. The molecule has 46 heavy (non-hydrogen) atoms. The van der Waals surface area contributed by atoms with Crippen molar-refractivity contribution in [2.75, 3.05) is 13.2 Å². The number of aromatic hydroxyl groups is 1. The van der Waals surface area contributed by atoms with Crippen LogP contribution in [0.2, 0.25) is 0 Å². The molecule has 3 aromatic rings. The average Bonchev–Trinajstić information content (AvgIpc) is 3.02. The SMILES string of the molecule is CCCCCNC(=O)[C@H](Cc1ccc(OCC(=O)O)c(C(=O)O)c1)NC(=O)[C@H](Cc1ccccc1)NC(=O)Cc1cccc(O)c1. The second-order valence-electron chi connectivity index (χ2n) is 10.7. The van der Waals surface area contributed by atoms with Crippen molar-refractivity contribution in [1.29, 1.82) is 0 Å². The Morgan fingerprint density at radius 3 is 2.13 bits per heavy atom. The zero-order valence-corrected chi connectivity index (χ0v) is 25.5. The van der Waals surface area contributed by atoms with Crippen LogP contribution in [-0.2, 0) is 38.4 Å². The number of unbranched alkanes of at least 4 members (excludes halogenated alkanes) is 2. The minimum absolute atomic E-state index is 0.00389.